The van der Waals surface area contributed by atoms with Crippen LogP contribution >= 0.6 is 0 Å². The number of carbonyl (C=O) groups is 2. The zero-order valence-corrected chi connectivity index (χ0v) is 15.6. The molecule has 0 spiro atoms. The van der Waals surface area contributed by atoms with Crippen LogP contribution in [0, 0.1) is 0 Å². The van der Waals surface area contributed by atoms with E-state index >= 15 is 0 Å². The molecule has 2 aromatic carbocycles. The molecule has 4 nitrogen and oxygen atoms in total. The van der Waals surface area contributed by atoms with Crippen LogP contribution in [-0.2, 0) is 10.8 Å². The molecule has 1 aliphatic rings. The van der Waals surface area contributed by atoms with E-state index in [1.54, 1.807) is 18.2 Å². The number of ether oxygens (including phenoxy) is 1. The van der Waals surface area contributed by atoms with Crippen molar-refractivity contribution in [3.05, 3.63) is 64.7 Å². The van der Waals surface area contributed by atoms with Crippen LogP contribution in [-0.4, -0.2) is 17.0 Å². The maximum atomic E-state index is 12.6. The van der Waals surface area contributed by atoms with E-state index in [2.05, 4.69) is 27.7 Å². The summed E-state index contributed by atoms with van der Waals surface area (Å²) in [5.41, 5.74) is 3.12. The Labute approximate surface area is 153 Å². The maximum absolute atomic E-state index is 12.6. The Balaban J connectivity index is 1.92. The molecular weight excluding hydrogens is 328 g/mol. The summed E-state index contributed by atoms with van der Waals surface area (Å²) < 4.78 is 5.40. The molecule has 4 heteroatoms. The van der Waals surface area contributed by atoms with Gasteiger partial charge in [-0.1, -0.05) is 39.8 Å². The van der Waals surface area contributed by atoms with Crippen LogP contribution in [0.3, 0.4) is 0 Å². The van der Waals surface area contributed by atoms with Gasteiger partial charge in [-0.25, -0.2) is 9.59 Å². The second-order valence-electron chi connectivity index (χ2n) is 8.25. The Morgan fingerprint density at radius 2 is 1.54 bits per heavy atom. The third kappa shape index (κ3) is 3.36. The first-order chi connectivity index (χ1) is 12.1. The van der Waals surface area contributed by atoms with E-state index < -0.39 is 11.9 Å². The topological polar surface area (TPSA) is 63.6 Å². The van der Waals surface area contributed by atoms with Gasteiger partial charge in [0.05, 0.1) is 11.1 Å². The van der Waals surface area contributed by atoms with Gasteiger partial charge >= 0.3 is 11.9 Å². The van der Waals surface area contributed by atoms with Crippen LogP contribution in [0.1, 0.15) is 72.4 Å². The highest BCUT2D eigenvalue weighted by Gasteiger charge is 2.37. The zero-order valence-electron chi connectivity index (χ0n) is 15.6. The number of esters is 1. The Morgan fingerprint density at radius 1 is 0.885 bits per heavy atom. The van der Waals surface area contributed by atoms with Gasteiger partial charge in [0.2, 0.25) is 0 Å². The lowest BCUT2D eigenvalue weighted by Gasteiger charge is -2.41. The average molecular weight is 352 g/mol. The van der Waals surface area contributed by atoms with Crippen molar-refractivity contribution in [3.63, 3.8) is 0 Å². The van der Waals surface area contributed by atoms with Gasteiger partial charge in [0.15, 0.2) is 0 Å². The predicted octanol–water partition coefficient (Wildman–Crippen LogP) is 4.95. The summed E-state index contributed by atoms with van der Waals surface area (Å²) >= 11 is 0. The van der Waals surface area contributed by atoms with Crippen LogP contribution in [0.15, 0.2) is 42.5 Å². The fourth-order valence-corrected chi connectivity index (χ4v) is 3.57. The largest absolute Gasteiger partial charge is 0.478 e. The number of hydrogen-bond acceptors (Lipinski definition) is 3. The minimum Gasteiger partial charge on any atom is -0.478 e. The molecular formula is C22H24O4. The molecule has 0 atom stereocenters. The minimum absolute atomic E-state index is 0.00433. The molecule has 0 amide bonds. The smallest absolute Gasteiger partial charge is 0.343 e. The van der Waals surface area contributed by atoms with Crippen molar-refractivity contribution in [1.82, 2.24) is 0 Å². The molecule has 1 N–H and O–H groups in total. The van der Waals surface area contributed by atoms with Gasteiger partial charge in [0, 0.05) is 0 Å². The molecule has 0 aromatic heterocycles. The summed E-state index contributed by atoms with van der Waals surface area (Å²) in [4.78, 5) is 23.6. The molecule has 0 unspecified atom stereocenters. The van der Waals surface area contributed by atoms with Crippen molar-refractivity contribution in [2.24, 2.45) is 0 Å². The first-order valence-corrected chi connectivity index (χ1v) is 8.81. The van der Waals surface area contributed by atoms with Crippen molar-refractivity contribution in [1.29, 1.82) is 0 Å². The normalized spacial score (nSPS) is 17.2. The van der Waals surface area contributed by atoms with Crippen LogP contribution in [0.2, 0.25) is 0 Å². The van der Waals surface area contributed by atoms with Crippen molar-refractivity contribution in [2.75, 3.05) is 0 Å². The molecule has 0 saturated heterocycles. The summed E-state index contributed by atoms with van der Waals surface area (Å²) in [5, 5.41) is 9.06. The van der Waals surface area contributed by atoms with Crippen molar-refractivity contribution in [3.8, 4) is 5.75 Å². The maximum Gasteiger partial charge on any atom is 0.343 e. The molecule has 26 heavy (non-hydrogen) atoms. The van der Waals surface area contributed by atoms with Crippen LogP contribution in [0.5, 0.6) is 5.75 Å². The number of fused-ring (bicyclic) bond motifs is 1. The number of hydrogen-bond donors (Lipinski definition) is 1. The third-order valence-electron chi connectivity index (χ3n) is 5.38. The Kier molecular flexibility index (Phi) is 4.39. The Hall–Kier alpha value is -2.62. The van der Waals surface area contributed by atoms with Gasteiger partial charge in [-0.15, -0.1) is 0 Å². The van der Waals surface area contributed by atoms with Gasteiger partial charge in [0.25, 0.3) is 0 Å². The van der Waals surface area contributed by atoms with Crippen LogP contribution < -0.4 is 4.74 Å². The van der Waals surface area contributed by atoms with Crippen molar-refractivity contribution in [2.45, 2.75) is 51.4 Å². The Morgan fingerprint density at radius 3 is 2.19 bits per heavy atom. The summed E-state index contributed by atoms with van der Waals surface area (Å²) in [6.07, 6.45) is 2.17. The van der Waals surface area contributed by atoms with E-state index in [9.17, 15) is 9.59 Å². The quantitative estimate of drug-likeness (QED) is 0.627. The van der Waals surface area contributed by atoms with Crippen LogP contribution in [0.4, 0.5) is 0 Å². The van der Waals surface area contributed by atoms with E-state index in [1.807, 2.05) is 12.1 Å². The monoisotopic (exact) mass is 352 g/mol. The highest BCUT2D eigenvalue weighted by Crippen LogP contribution is 2.45. The minimum atomic E-state index is -1.05. The molecule has 0 heterocycles. The number of carboxylic acids is 1. The van der Waals surface area contributed by atoms with Gasteiger partial charge in [0.1, 0.15) is 5.75 Å². The summed E-state index contributed by atoms with van der Waals surface area (Å²) in [6.45, 7) is 8.87. The van der Waals surface area contributed by atoms with E-state index in [4.69, 9.17) is 9.84 Å². The fourth-order valence-electron chi connectivity index (χ4n) is 3.57. The SMILES string of the molecule is CC1(C)CCC(C)(C)c2cc(C(=O)Oc3cccc(C(=O)O)c3)ccc21. The predicted molar refractivity (Wildman–Crippen MR) is 100 cm³/mol. The highest BCUT2D eigenvalue weighted by molar-refractivity contribution is 5.92. The molecule has 136 valence electrons. The third-order valence-corrected chi connectivity index (χ3v) is 5.38. The molecule has 0 bridgehead atoms. The Bertz CT molecular complexity index is 877. The van der Waals surface area contributed by atoms with E-state index in [1.165, 1.54) is 23.3 Å². The fraction of sp³-hybridized carbons (Fsp3) is 0.364. The lowest BCUT2D eigenvalue weighted by atomic mass is 9.63. The number of aromatic carboxylic acids is 1. The number of carbonyl (C=O) groups excluding carboxylic acids is 1. The first-order valence-electron chi connectivity index (χ1n) is 8.81. The number of carboxylic acid groups (broad SMARTS) is 1. The highest BCUT2D eigenvalue weighted by atomic mass is 16.5. The van der Waals surface area contributed by atoms with Gasteiger partial charge in [-0.3, -0.25) is 0 Å². The summed E-state index contributed by atoms with van der Waals surface area (Å²) in [6, 6.07) is 11.7. The average Bonchev–Trinajstić information content (AvgIpc) is 2.59. The van der Waals surface area contributed by atoms with E-state index in [0.29, 0.717) is 5.56 Å². The second-order valence-corrected chi connectivity index (χ2v) is 8.25. The molecule has 2 aromatic rings. The number of benzene rings is 2. The van der Waals surface area contributed by atoms with Gasteiger partial charge in [-0.05, 0) is 65.1 Å². The number of rotatable bonds is 3. The molecule has 3 rings (SSSR count). The summed E-state index contributed by atoms with van der Waals surface area (Å²) in [5.74, 6) is -1.30. The van der Waals surface area contributed by atoms with Gasteiger partial charge < -0.3 is 9.84 Å². The summed E-state index contributed by atoms with van der Waals surface area (Å²) in [7, 11) is 0. The molecule has 1 aliphatic carbocycles. The standard InChI is InChI=1S/C22H24O4/c1-21(2)10-11-22(3,4)18-13-15(8-9-17(18)21)20(25)26-16-7-5-6-14(12-16)19(23)24/h5-9,12-13H,10-11H2,1-4H3,(H,23,24). The zero-order chi connectivity index (χ0) is 19.1. The lowest BCUT2D eigenvalue weighted by molar-refractivity contribution is 0.0687. The molecule has 0 aliphatic heterocycles. The van der Waals surface area contributed by atoms with Crippen molar-refractivity contribution >= 4 is 11.9 Å². The van der Waals surface area contributed by atoms with Gasteiger partial charge in [-0.2, -0.15) is 0 Å². The molecule has 0 saturated carbocycles. The lowest BCUT2D eigenvalue weighted by Crippen LogP contribution is -2.34. The second kappa shape index (κ2) is 6.27. The molecule has 0 radical (unpaired) electrons. The van der Waals surface area contributed by atoms with E-state index in [-0.39, 0.29) is 22.1 Å². The first kappa shape index (κ1) is 18.2. The molecule has 0 fully saturated rings. The van der Waals surface area contributed by atoms with Crippen molar-refractivity contribution < 1.29 is 19.4 Å². The van der Waals surface area contributed by atoms with Crippen LogP contribution in [0.25, 0.3) is 0 Å². The van der Waals surface area contributed by atoms with E-state index in [0.717, 1.165) is 12.8 Å².